The quantitative estimate of drug-likeness (QED) is 0.601. The third-order valence-corrected chi connectivity index (χ3v) is 3.31. The van der Waals surface area contributed by atoms with Crippen molar-refractivity contribution in [3.8, 4) is 0 Å². The molecule has 15 heavy (non-hydrogen) atoms. The molecule has 2 heteroatoms. The van der Waals surface area contributed by atoms with E-state index in [1.54, 1.807) is 0 Å². The molecule has 2 nitrogen and oxygen atoms in total. The molecule has 0 aliphatic carbocycles. The molecule has 1 aliphatic heterocycles. The van der Waals surface area contributed by atoms with Gasteiger partial charge in [-0.1, -0.05) is 44.9 Å². The topological polar surface area (TPSA) is 20.3 Å². The summed E-state index contributed by atoms with van der Waals surface area (Å²) in [5.74, 6) is 0.342. The lowest BCUT2D eigenvalue weighted by Gasteiger charge is -2.16. The van der Waals surface area contributed by atoms with Gasteiger partial charge in [0.25, 0.3) is 0 Å². The van der Waals surface area contributed by atoms with Crippen molar-refractivity contribution in [3.05, 3.63) is 0 Å². The zero-order valence-electron chi connectivity index (χ0n) is 10.1. The number of hydrogen-bond acceptors (Lipinski definition) is 1. The molecule has 0 atom stereocenters. The summed E-state index contributed by atoms with van der Waals surface area (Å²) in [6.07, 6.45) is 12.4. The van der Waals surface area contributed by atoms with Gasteiger partial charge in [0.15, 0.2) is 0 Å². The molecule has 0 aromatic carbocycles. The minimum absolute atomic E-state index is 0.342. The number of hydrogen-bond donors (Lipinski definition) is 0. The fourth-order valence-electron chi connectivity index (χ4n) is 2.18. The summed E-state index contributed by atoms with van der Waals surface area (Å²) in [5, 5.41) is 0. The Morgan fingerprint density at radius 3 is 1.87 bits per heavy atom. The second kappa shape index (κ2) is 7.72. The van der Waals surface area contributed by atoms with E-state index in [-0.39, 0.29) is 0 Å². The van der Waals surface area contributed by atoms with Crippen molar-refractivity contribution in [2.75, 3.05) is 13.6 Å². The third-order valence-electron chi connectivity index (χ3n) is 3.31. The van der Waals surface area contributed by atoms with Crippen LogP contribution in [0, 0.1) is 0 Å². The smallest absolute Gasteiger partial charge is 0.222 e. The van der Waals surface area contributed by atoms with Crippen LogP contribution in [0.2, 0.25) is 0 Å². The fourth-order valence-corrected chi connectivity index (χ4v) is 2.18. The Bertz CT molecular complexity index is 179. The maximum atomic E-state index is 11.6. The SMILES string of the molecule is CN1CCCCCCCCCCCC1=O. The van der Waals surface area contributed by atoms with E-state index in [4.69, 9.17) is 0 Å². The number of rotatable bonds is 0. The van der Waals surface area contributed by atoms with E-state index in [1.807, 2.05) is 11.9 Å². The van der Waals surface area contributed by atoms with Crippen molar-refractivity contribution in [1.82, 2.24) is 4.90 Å². The van der Waals surface area contributed by atoms with Crippen LogP contribution in [0.25, 0.3) is 0 Å². The highest BCUT2D eigenvalue weighted by Gasteiger charge is 2.08. The molecule has 0 spiro atoms. The van der Waals surface area contributed by atoms with Crippen LogP contribution in [0.3, 0.4) is 0 Å². The van der Waals surface area contributed by atoms with Gasteiger partial charge in [0, 0.05) is 20.0 Å². The van der Waals surface area contributed by atoms with Gasteiger partial charge >= 0.3 is 0 Å². The first-order valence-electron chi connectivity index (χ1n) is 6.54. The zero-order valence-corrected chi connectivity index (χ0v) is 10.1. The Morgan fingerprint density at radius 1 is 0.800 bits per heavy atom. The van der Waals surface area contributed by atoms with Crippen molar-refractivity contribution >= 4 is 5.91 Å². The number of carbonyl (C=O) groups excluding carboxylic acids is 1. The van der Waals surface area contributed by atoms with Crippen LogP contribution in [0.5, 0.6) is 0 Å². The first-order valence-corrected chi connectivity index (χ1v) is 6.54. The molecule has 0 bridgehead atoms. The van der Waals surface area contributed by atoms with Gasteiger partial charge in [0.05, 0.1) is 0 Å². The first-order chi connectivity index (χ1) is 7.30. The molecule has 0 unspecified atom stereocenters. The van der Waals surface area contributed by atoms with E-state index in [0.29, 0.717) is 5.91 Å². The molecule has 0 aromatic rings. The van der Waals surface area contributed by atoms with Crippen LogP contribution < -0.4 is 0 Å². The average molecular weight is 211 g/mol. The monoisotopic (exact) mass is 211 g/mol. The van der Waals surface area contributed by atoms with E-state index in [0.717, 1.165) is 19.4 Å². The predicted molar refractivity (Wildman–Crippen MR) is 63.8 cm³/mol. The van der Waals surface area contributed by atoms with Gasteiger partial charge in [-0.25, -0.2) is 0 Å². The maximum Gasteiger partial charge on any atom is 0.222 e. The van der Waals surface area contributed by atoms with E-state index < -0.39 is 0 Å². The molecule has 0 N–H and O–H groups in total. The largest absolute Gasteiger partial charge is 0.346 e. The Morgan fingerprint density at radius 2 is 1.27 bits per heavy atom. The van der Waals surface area contributed by atoms with Crippen LogP contribution in [-0.2, 0) is 4.79 Å². The van der Waals surface area contributed by atoms with Crippen molar-refractivity contribution in [1.29, 1.82) is 0 Å². The van der Waals surface area contributed by atoms with Crippen LogP contribution >= 0.6 is 0 Å². The Hall–Kier alpha value is -0.530. The minimum atomic E-state index is 0.342. The van der Waals surface area contributed by atoms with Crippen molar-refractivity contribution in [2.24, 2.45) is 0 Å². The van der Waals surface area contributed by atoms with E-state index in [2.05, 4.69) is 0 Å². The van der Waals surface area contributed by atoms with E-state index in [1.165, 1.54) is 51.4 Å². The zero-order chi connectivity index (χ0) is 10.9. The Labute approximate surface area is 94.0 Å². The lowest BCUT2D eigenvalue weighted by atomic mass is 10.1. The lowest BCUT2D eigenvalue weighted by Crippen LogP contribution is -2.27. The highest BCUT2D eigenvalue weighted by Crippen LogP contribution is 2.12. The lowest BCUT2D eigenvalue weighted by molar-refractivity contribution is -0.130. The van der Waals surface area contributed by atoms with Gasteiger partial charge in [-0.3, -0.25) is 4.79 Å². The summed E-state index contributed by atoms with van der Waals surface area (Å²) in [6, 6.07) is 0. The molecule has 88 valence electrons. The molecule has 1 amide bonds. The van der Waals surface area contributed by atoms with Crippen molar-refractivity contribution in [3.63, 3.8) is 0 Å². The van der Waals surface area contributed by atoms with Gasteiger partial charge in [-0.15, -0.1) is 0 Å². The normalized spacial score (nSPS) is 22.7. The summed E-state index contributed by atoms with van der Waals surface area (Å²) in [7, 11) is 1.95. The van der Waals surface area contributed by atoms with Gasteiger partial charge in [-0.2, -0.15) is 0 Å². The summed E-state index contributed by atoms with van der Waals surface area (Å²) in [6.45, 7) is 0.957. The summed E-state index contributed by atoms with van der Waals surface area (Å²) < 4.78 is 0. The number of amides is 1. The van der Waals surface area contributed by atoms with Crippen molar-refractivity contribution < 1.29 is 4.79 Å². The van der Waals surface area contributed by atoms with Crippen LogP contribution in [0.1, 0.15) is 64.2 Å². The third kappa shape index (κ3) is 5.81. The van der Waals surface area contributed by atoms with Crippen LogP contribution in [-0.4, -0.2) is 24.4 Å². The van der Waals surface area contributed by atoms with Gasteiger partial charge in [-0.05, 0) is 12.8 Å². The van der Waals surface area contributed by atoms with Crippen LogP contribution in [0.4, 0.5) is 0 Å². The summed E-state index contributed by atoms with van der Waals surface area (Å²) in [5.41, 5.74) is 0. The molecular weight excluding hydrogens is 186 g/mol. The van der Waals surface area contributed by atoms with Crippen molar-refractivity contribution in [2.45, 2.75) is 64.2 Å². The fraction of sp³-hybridized carbons (Fsp3) is 0.923. The van der Waals surface area contributed by atoms with Gasteiger partial charge in [0.2, 0.25) is 5.91 Å². The van der Waals surface area contributed by atoms with Gasteiger partial charge in [0.1, 0.15) is 0 Å². The molecular formula is C13H25NO. The molecule has 1 rings (SSSR count). The molecule has 0 radical (unpaired) electrons. The second-order valence-corrected chi connectivity index (χ2v) is 4.75. The molecule has 1 saturated heterocycles. The average Bonchev–Trinajstić information content (AvgIpc) is 2.25. The summed E-state index contributed by atoms with van der Waals surface area (Å²) in [4.78, 5) is 13.6. The highest BCUT2D eigenvalue weighted by molar-refractivity contribution is 5.75. The van der Waals surface area contributed by atoms with Crippen LogP contribution in [0.15, 0.2) is 0 Å². The highest BCUT2D eigenvalue weighted by atomic mass is 16.2. The summed E-state index contributed by atoms with van der Waals surface area (Å²) >= 11 is 0. The number of carbonyl (C=O) groups is 1. The Kier molecular flexibility index (Phi) is 6.45. The number of nitrogens with zero attached hydrogens (tertiary/aromatic N) is 1. The first kappa shape index (κ1) is 12.5. The van der Waals surface area contributed by atoms with E-state index >= 15 is 0 Å². The molecule has 0 aromatic heterocycles. The predicted octanol–water partition coefficient (Wildman–Crippen LogP) is 3.36. The Balaban J connectivity index is 2.27. The minimum Gasteiger partial charge on any atom is -0.346 e. The second-order valence-electron chi connectivity index (χ2n) is 4.75. The van der Waals surface area contributed by atoms with Gasteiger partial charge < -0.3 is 4.90 Å². The maximum absolute atomic E-state index is 11.6. The molecule has 1 fully saturated rings. The molecule has 1 heterocycles. The standard InChI is InChI=1S/C13H25NO/c1-14-12-10-8-6-4-2-3-5-7-9-11-13(14)15/h2-12H2,1H3. The molecule has 0 saturated carbocycles. The molecule has 1 aliphatic rings. The van der Waals surface area contributed by atoms with E-state index in [9.17, 15) is 4.79 Å².